The fourth-order valence-electron chi connectivity index (χ4n) is 5.41. The molecule has 0 aromatic heterocycles. The van der Waals surface area contributed by atoms with Crippen LogP contribution in [0.4, 0.5) is 0 Å². The van der Waals surface area contributed by atoms with E-state index in [1.807, 2.05) is 0 Å². The fraction of sp³-hybridized carbons (Fsp3) is 0.652. The lowest BCUT2D eigenvalue weighted by molar-refractivity contribution is -0.294. The molecule has 4 saturated heterocycles. The Bertz CT molecular complexity index is 896. The number of likely N-dealkylation sites (N-methyl/N-ethyl adjacent to an activating group) is 1. The van der Waals surface area contributed by atoms with Gasteiger partial charge < -0.3 is 39.4 Å². The lowest BCUT2D eigenvalue weighted by Gasteiger charge is -2.39. The van der Waals surface area contributed by atoms with Crippen molar-refractivity contribution in [2.45, 2.75) is 79.9 Å². The van der Waals surface area contributed by atoms with Crippen LogP contribution in [-0.4, -0.2) is 112 Å². The Morgan fingerprint density at radius 2 is 1.68 bits per heavy atom. The Morgan fingerprint density at radius 3 is 2.29 bits per heavy atom. The molecule has 1 aromatic rings. The number of carboxylic acid groups (broad SMARTS) is 1. The molecule has 0 radical (unpaired) electrons. The van der Waals surface area contributed by atoms with Crippen LogP contribution in [0.3, 0.4) is 0 Å². The molecule has 0 aliphatic carbocycles. The molecular weight excluding hydrogens is 450 g/mol. The standard InChI is InChI=1S/C23H29NO10/c1-24-13-7-11(8-14(24)19-18(13)33-19)32-22(30)12(10-5-3-2-4-6-10)9-31-23-17(27)15(25)16(26)20(34-23)21(28)29/h2-6,11-20,23,25-27H,7-9H2,1H3,(H,28,29)/t11?,12-,13+,14+,15+,16+,17-,18-,19+,20+,23-/m1/s1. The van der Waals surface area contributed by atoms with Gasteiger partial charge in [0.2, 0.25) is 0 Å². The Balaban J connectivity index is 1.26. The zero-order valence-electron chi connectivity index (χ0n) is 18.5. The number of benzene rings is 1. The number of carbonyl (C=O) groups is 2. The number of hydrogen-bond donors (Lipinski definition) is 4. The molecule has 186 valence electrons. The maximum Gasteiger partial charge on any atom is 0.335 e. The van der Waals surface area contributed by atoms with Crippen molar-refractivity contribution in [3.63, 3.8) is 0 Å². The van der Waals surface area contributed by atoms with E-state index in [9.17, 15) is 30.0 Å². The van der Waals surface area contributed by atoms with E-state index in [2.05, 4.69) is 11.9 Å². The monoisotopic (exact) mass is 479 g/mol. The topological polar surface area (TPSA) is 159 Å². The van der Waals surface area contributed by atoms with Gasteiger partial charge in [0.15, 0.2) is 12.4 Å². The minimum Gasteiger partial charge on any atom is -0.479 e. The largest absolute Gasteiger partial charge is 0.479 e. The van der Waals surface area contributed by atoms with Gasteiger partial charge in [-0.05, 0) is 12.6 Å². The van der Waals surface area contributed by atoms with Gasteiger partial charge in [-0.1, -0.05) is 30.3 Å². The van der Waals surface area contributed by atoms with E-state index in [4.69, 9.17) is 18.9 Å². The van der Waals surface area contributed by atoms with E-state index in [0.29, 0.717) is 18.4 Å². The Kier molecular flexibility index (Phi) is 6.36. The third-order valence-corrected chi connectivity index (χ3v) is 7.38. The van der Waals surface area contributed by atoms with Crippen molar-refractivity contribution in [1.29, 1.82) is 0 Å². The van der Waals surface area contributed by atoms with E-state index in [0.717, 1.165) is 0 Å². The maximum absolute atomic E-state index is 13.2. The molecule has 5 rings (SSSR count). The van der Waals surface area contributed by atoms with E-state index >= 15 is 0 Å². The van der Waals surface area contributed by atoms with Gasteiger partial charge in [0.05, 0.1) is 6.61 Å². The molecule has 34 heavy (non-hydrogen) atoms. The molecule has 4 aliphatic rings. The number of carbonyl (C=O) groups excluding carboxylic acids is 1. The molecular formula is C23H29NO10. The molecule has 1 unspecified atom stereocenters. The van der Waals surface area contributed by atoms with Crippen LogP contribution in [-0.2, 0) is 28.5 Å². The average molecular weight is 479 g/mol. The van der Waals surface area contributed by atoms with Crippen molar-refractivity contribution in [2.24, 2.45) is 0 Å². The predicted molar refractivity (Wildman–Crippen MR) is 113 cm³/mol. The Hall–Kier alpha value is -2.12. The van der Waals surface area contributed by atoms with Crippen LogP contribution in [0.15, 0.2) is 30.3 Å². The van der Waals surface area contributed by atoms with Gasteiger partial charge in [-0.15, -0.1) is 0 Å². The number of carboxylic acids is 1. The normalized spacial score (nSPS) is 42.0. The second-order valence-corrected chi connectivity index (χ2v) is 9.43. The number of aliphatic carboxylic acids is 1. The molecule has 4 aliphatic heterocycles. The molecule has 0 spiro atoms. The maximum atomic E-state index is 13.2. The first kappa shape index (κ1) is 23.6. The van der Waals surface area contributed by atoms with E-state index in [-0.39, 0.29) is 37.0 Å². The highest BCUT2D eigenvalue weighted by Crippen LogP contribution is 2.48. The quantitative estimate of drug-likeness (QED) is 0.276. The number of nitrogens with zero attached hydrogens (tertiary/aromatic N) is 1. The molecule has 2 bridgehead atoms. The first-order valence-corrected chi connectivity index (χ1v) is 11.4. The molecule has 4 heterocycles. The van der Waals surface area contributed by atoms with Crippen molar-refractivity contribution in [3.8, 4) is 0 Å². The third kappa shape index (κ3) is 4.22. The van der Waals surface area contributed by atoms with E-state index < -0.39 is 48.6 Å². The second-order valence-electron chi connectivity index (χ2n) is 9.43. The van der Waals surface area contributed by atoms with Crippen LogP contribution >= 0.6 is 0 Å². The second kappa shape index (κ2) is 9.15. The van der Waals surface area contributed by atoms with Crippen LogP contribution in [0.5, 0.6) is 0 Å². The van der Waals surface area contributed by atoms with Crippen molar-refractivity contribution >= 4 is 11.9 Å². The number of rotatable bonds is 7. The number of fused-ring (bicyclic) bond motifs is 5. The molecule has 0 amide bonds. The van der Waals surface area contributed by atoms with E-state index in [1.165, 1.54) is 0 Å². The van der Waals surface area contributed by atoms with Crippen LogP contribution in [0, 0.1) is 0 Å². The number of hydrogen-bond acceptors (Lipinski definition) is 10. The van der Waals surface area contributed by atoms with Crippen molar-refractivity contribution < 1.29 is 49.0 Å². The zero-order chi connectivity index (χ0) is 24.1. The van der Waals surface area contributed by atoms with Crippen molar-refractivity contribution in [2.75, 3.05) is 13.7 Å². The SMILES string of the molecule is CN1[C@H]2CC(OC(=O)[C@H](CO[C@@H]3O[C@H](C(=O)O)[C@@H](O)[C@H](O)[C@H]3O)c3ccccc3)C[C@H]1[C@H]1O[C@H]12. The van der Waals surface area contributed by atoms with Gasteiger partial charge in [-0.3, -0.25) is 9.69 Å². The van der Waals surface area contributed by atoms with Crippen LogP contribution < -0.4 is 0 Å². The van der Waals surface area contributed by atoms with Gasteiger partial charge in [0.25, 0.3) is 0 Å². The average Bonchev–Trinajstić information content (AvgIpc) is 3.58. The number of morpholine rings is 1. The summed E-state index contributed by atoms with van der Waals surface area (Å²) in [7, 11) is 2.06. The minimum absolute atomic E-state index is 0.209. The minimum atomic E-state index is -1.82. The summed E-state index contributed by atoms with van der Waals surface area (Å²) in [6.07, 6.45) is -7.13. The molecule has 0 saturated carbocycles. The summed E-state index contributed by atoms with van der Waals surface area (Å²) in [5.74, 6) is -2.88. The lowest BCUT2D eigenvalue weighted by Crippen LogP contribution is -2.60. The fourth-order valence-corrected chi connectivity index (χ4v) is 5.41. The van der Waals surface area contributed by atoms with Gasteiger partial charge in [0.1, 0.15) is 42.5 Å². The van der Waals surface area contributed by atoms with Gasteiger partial charge >= 0.3 is 11.9 Å². The molecule has 4 N–H and O–H groups in total. The highest BCUT2D eigenvalue weighted by Gasteiger charge is 2.63. The summed E-state index contributed by atoms with van der Waals surface area (Å²) in [4.78, 5) is 26.9. The third-order valence-electron chi connectivity index (χ3n) is 7.38. The number of aliphatic hydroxyl groups is 3. The smallest absolute Gasteiger partial charge is 0.335 e. The molecule has 11 atom stereocenters. The molecule has 11 heteroatoms. The van der Waals surface area contributed by atoms with Gasteiger partial charge in [0, 0.05) is 24.9 Å². The van der Waals surface area contributed by atoms with Crippen LogP contribution in [0.2, 0.25) is 0 Å². The number of epoxide rings is 1. The first-order valence-electron chi connectivity index (χ1n) is 11.4. The lowest BCUT2D eigenvalue weighted by atomic mass is 9.97. The molecule has 4 fully saturated rings. The van der Waals surface area contributed by atoms with Gasteiger partial charge in [-0.2, -0.15) is 0 Å². The summed E-state index contributed by atoms with van der Waals surface area (Å²) in [5, 5.41) is 39.3. The number of piperidine rings is 1. The summed E-state index contributed by atoms with van der Waals surface area (Å²) >= 11 is 0. The van der Waals surface area contributed by atoms with Crippen molar-refractivity contribution in [1.82, 2.24) is 4.90 Å². The molecule has 1 aromatic carbocycles. The molecule has 11 nitrogen and oxygen atoms in total. The highest BCUT2D eigenvalue weighted by atomic mass is 16.7. The summed E-state index contributed by atoms with van der Waals surface area (Å²) in [5.41, 5.74) is 0.621. The first-order chi connectivity index (χ1) is 16.3. The predicted octanol–water partition coefficient (Wildman–Crippen LogP) is -1.17. The van der Waals surface area contributed by atoms with Crippen molar-refractivity contribution in [3.05, 3.63) is 35.9 Å². The zero-order valence-corrected chi connectivity index (χ0v) is 18.5. The van der Waals surface area contributed by atoms with Crippen LogP contribution in [0.25, 0.3) is 0 Å². The Labute approximate surface area is 195 Å². The summed E-state index contributed by atoms with van der Waals surface area (Å²) in [6.45, 7) is -0.284. The van der Waals surface area contributed by atoms with Crippen LogP contribution in [0.1, 0.15) is 24.3 Å². The van der Waals surface area contributed by atoms with Gasteiger partial charge in [-0.25, -0.2) is 4.79 Å². The summed E-state index contributed by atoms with van der Waals surface area (Å²) in [6, 6.07) is 9.27. The number of esters is 1. The number of aliphatic hydroxyl groups excluding tert-OH is 3. The highest BCUT2D eigenvalue weighted by molar-refractivity contribution is 5.78. The summed E-state index contributed by atoms with van der Waals surface area (Å²) < 4.78 is 22.3. The number of ether oxygens (including phenoxy) is 4. The van der Waals surface area contributed by atoms with E-state index in [1.54, 1.807) is 30.3 Å². The Morgan fingerprint density at radius 1 is 1.03 bits per heavy atom.